The fourth-order valence-electron chi connectivity index (χ4n) is 4.04. The van der Waals surface area contributed by atoms with Crippen LogP contribution in [0.25, 0.3) is 0 Å². The van der Waals surface area contributed by atoms with Crippen LogP contribution >= 0.6 is 12.2 Å². The predicted molar refractivity (Wildman–Crippen MR) is 144 cm³/mol. The van der Waals surface area contributed by atoms with E-state index in [4.69, 9.17) is 17.0 Å². The van der Waals surface area contributed by atoms with Crippen molar-refractivity contribution < 1.29 is 14.3 Å². The SMILES string of the molecule is CCN1C(=S)N[C@H](c2ccc(NC(=O)c3ccc(C(C)(C)C)cc3)cc2)C(C(=O)OC(C)C)=C1C. The van der Waals surface area contributed by atoms with Crippen molar-refractivity contribution in [2.45, 2.75) is 66.0 Å². The fraction of sp³-hybridized carbons (Fsp3) is 0.393. The molecule has 6 nitrogen and oxygen atoms in total. The van der Waals surface area contributed by atoms with Crippen molar-refractivity contribution in [3.63, 3.8) is 0 Å². The van der Waals surface area contributed by atoms with E-state index >= 15 is 0 Å². The molecule has 0 saturated heterocycles. The van der Waals surface area contributed by atoms with Gasteiger partial charge in [-0.1, -0.05) is 45.0 Å². The number of esters is 1. The number of hydrogen-bond acceptors (Lipinski definition) is 4. The van der Waals surface area contributed by atoms with E-state index in [2.05, 4.69) is 31.4 Å². The first kappa shape index (κ1) is 26.4. The quantitative estimate of drug-likeness (QED) is 0.397. The van der Waals surface area contributed by atoms with Crippen LogP contribution in [-0.4, -0.2) is 34.5 Å². The summed E-state index contributed by atoms with van der Waals surface area (Å²) < 4.78 is 5.53. The molecule has 2 aromatic rings. The molecule has 0 bridgehead atoms. The highest BCUT2D eigenvalue weighted by atomic mass is 32.1. The van der Waals surface area contributed by atoms with Crippen molar-refractivity contribution >= 4 is 34.9 Å². The van der Waals surface area contributed by atoms with Crippen LogP contribution in [0.3, 0.4) is 0 Å². The number of carbonyl (C=O) groups excluding carboxylic acids is 2. The maximum atomic E-state index is 13.0. The van der Waals surface area contributed by atoms with Gasteiger partial charge >= 0.3 is 5.97 Å². The van der Waals surface area contributed by atoms with E-state index in [1.165, 1.54) is 5.56 Å². The normalized spacial score (nSPS) is 16.3. The van der Waals surface area contributed by atoms with Gasteiger partial charge < -0.3 is 20.3 Å². The lowest BCUT2D eigenvalue weighted by molar-refractivity contribution is -0.143. The summed E-state index contributed by atoms with van der Waals surface area (Å²) in [6.45, 7) is 14.6. The average Bonchev–Trinajstić information content (AvgIpc) is 2.78. The molecule has 1 amide bonds. The number of benzene rings is 2. The first-order chi connectivity index (χ1) is 16.4. The highest BCUT2D eigenvalue weighted by Gasteiger charge is 2.34. The molecule has 2 aromatic carbocycles. The van der Waals surface area contributed by atoms with Gasteiger partial charge in [0, 0.05) is 23.5 Å². The van der Waals surface area contributed by atoms with Gasteiger partial charge in [-0.05, 0) is 80.7 Å². The fourth-order valence-corrected chi connectivity index (χ4v) is 4.42. The molecule has 0 fully saturated rings. The minimum atomic E-state index is -0.439. The van der Waals surface area contributed by atoms with Crippen LogP contribution in [0.4, 0.5) is 5.69 Å². The average molecular weight is 494 g/mol. The molecule has 0 saturated carbocycles. The zero-order valence-corrected chi connectivity index (χ0v) is 22.4. The van der Waals surface area contributed by atoms with E-state index in [0.29, 0.717) is 28.5 Å². The molecule has 0 spiro atoms. The minimum Gasteiger partial charge on any atom is -0.459 e. The van der Waals surface area contributed by atoms with Gasteiger partial charge in [0.2, 0.25) is 0 Å². The van der Waals surface area contributed by atoms with E-state index in [1.54, 1.807) is 0 Å². The summed E-state index contributed by atoms with van der Waals surface area (Å²) >= 11 is 5.55. The van der Waals surface area contributed by atoms with Gasteiger partial charge in [0.05, 0.1) is 17.7 Å². The summed E-state index contributed by atoms with van der Waals surface area (Å²) in [5.41, 5.74) is 4.63. The van der Waals surface area contributed by atoms with Gasteiger partial charge in [0.15, 0.2) is 5.11 Å². The van der Waals surface area contributed by atoms with Crippen molar-refractivity contribution in [2.24, 2.45) is 0 Å². The van der Waals surface area contributed by atoms with Crippen LogP contribution in [0.15, 0.2) is 59.8 Å². The lowest BCUT2D eigenvalue weighted by Gasteiger charge is -2.37. The van der Waals surface area contributed by atoms with E-state index in [0.717, 1.165) is 11.3 Å². The summed E-state index contributed by atoms with van der Waals surface area (Å²) in [6.07, 6.45) is -0.234. The highest BCUT2D eigenvalue weighted by Crippen LogP contribution is 2.32. The Morgan fingerprint density at radius 2 is 1.69 bits per heavy atom. The molecule has 1 aliphatic rings. The molecule has 0 aliphatic carbocycles. The summed E-state index contributed by atoms with van der Waals surface area (Å²) in [7, 11) is 0. The number of ether oxygens (including phenoxy) is 1. The molecule has 2 N–H and O–H groups in total. The molecule has 186 valence electrons. The van der Waals surface area contributed by atoms with E-state index in [-0.39, 0.29) is 23.4 Å². The third kappa shape index (κ3) is 6.09. The van der Waals surface area contributed by atoms with E-state index in [1.807, 2.05) is 81.1 Å². The third-order valence-corrected chi connectivity index (χ3v) is 6.33. The Morgan fingerprint density at radius 1 is 1.09 bits per heavy atom. The number of nitrogens with zero attached hydrogens (tertiary/aromatic N) is 1. The van der Waals surface area contributed by atoms with Crippen LogP contribution in [-0.2, 0) is 14.9 Å². The Kier molecular flexibility index (Phi) is 8.00. The van der Waals surface area contributed by atoms with Crippen LogP contribution in [0.2, 0.25) is 0 Å². The molecule has 35 heavy (non-hydrogen) atoms. The van der Waals surface area contributed by atoms with Gasteiger partial charge in [-0.3, -0.25) is 4.79 Å². The minimum absolute atomic E-state index is 0.0295. The molecule has 0 radical (unpaired) electrons. The van der Waals surface area contributed by atoms with Crippen LogP contribution in [0.1, 0.15) is 76.0 Å². The van der Waals surface area contributed by atoms with Crippen LogP contribution in [0.5, 0.6) is 0 Å². The lowest BCUT2D eigenvalue weighted by atomic mass is 9.87. The zero-order valence-electron chi connectivity index (χ0n) is 21.6. The number of nitrogens with one attached hydrogen (secondary N) is 2. The Morgan fingerprint density at radius 3 is 2.20 bits per heavy atom. The van der Waals surface area contributed by atoms with Gasteiger partial charge in [0.25, 0.3) is 5.91 Å². The molecule has 0 unspecified atom stereocenters. The summed E-state index contributed by atoms with van der Waals surface area (Å²) in [5.74, 6) is -0.544. The smallest absolute Gasteiger partial charge is 0.338 e. The van der Waals surface area contributed by atoms with Gasteiger partial charge in [-0.15, -0.1) is 0 Å². The number of anilines is 1. The Bertz CT molecular complexity index is 1130. The zero-order chi connectivity index (χ0) is 25.9. The van der Waals surface area contributed by atoms with E-state index in [9.17, 15) is 9.59 Å². The number of carbonyl (C=O) groups is 2. The molecular formula is C28H35N3O3S. The number of amides is 1. The molecular weight excluding hydrogens is 458 g/mol. The first-order valence-corrected chi connectivity index (χ1v) is 12.3. The van der Waals surface area contributed by atoms with E-state index < -0.39 is 6.04 Å². The van der Waals surface area contributed by atoms with Crippen LogP contribution < -0.4 is 10.6 Å². The van der Waals surface area contributed by atoms with Crippen molar-refractivity contribution in [2.75, 3.05) is 11.9 Å². The highest BCUT2D eigenvalue weighted by molar-refractivity contribution is 7.80. The number of rotatable bonds is 6. The predicted octanol–water partition coefficient (Wildman–Crippen LogP) is 5.71. The number of thiocarbonyl (C=S) groups is 1. The standard InChI is InChI=1S/C28H35N3O3S/c1-8-31-18(4)23(26(33)34-17(2)3)24(30-27(31)35)19-11-15-22(16-12-19)29-25(32)20-9-13-21(14-10-20)28(5,6)7/h9-17,24H,8H2,1-7H3,(H,29,32)(H,30,35)/t24-/m1/s1. The van der Waals surface area contributed by atoms with Crippen molar-refractivity contribution in [1.82, 2.24) is 10.2 Å². The second-order valence-corrected chi connectivity index (χ2v) is 10.4. The second-order valence-electron chi connectivity index (χ2n) is 9.98. The van der Waals surface area contributed by atoms with Crippen LogP contribution in [0, 0.1) is 0 Å². The second kappa shape index (κ2) is 10.6. The topological polar surface area (TPSA) is 70.7 Å². The number of allylic oxidation sites excluding steroid dienone is 1. The molecule has 3 rings (SSSR count). The summed E-state index contributed by atoms with van der Waals surface area (Å²) in [6, 6.07) is 14.7. The van der Waals surface area contributed by atoms with Crippen molar-refractivity contribution in [1.29, 1.82) is 0 Å². The Labute approximate surface area is 213 Å². The maximum Gasteiger partial charge on any atom is 0.338 e. The van der Waals surface area contributed by atoms with Gasteiger partial charge in [0.1, 0.15) is 0 Å². The molecule has 0 aromatic heterocycles. The van der Waals surface area contributed by atoms with Gasteiger partial charge in [-0.25, -0.2) is 4.79 Å². The van der Waals surface area contributed by atoms with Gasteiger partial charge in [-0.2, -0.15) is 0 Å². The lowest BCUT2D eigenvalue weighted by Crippen LogP contribution is -2.47. The first-order valence-electron chi connectivity index (χ1n) is 11.9. The molecule has 7 heteroatoms. The number of hydrogen-bond donors (Lipinski definition) is 2. The molecule has 1 heterocycles. The Balaban J connectivity index is 1.82. The molecule has 1 aliphatic heterocycles. The summed E-state index contributed by atoms with van der Waals surface area (Å²) in [4.78, 5) is 27.6. The monoisotopic (exact) mass is 493 g/mol. The van der Waals surface area contributed by atoms with Crippen molar-refractivity contribution in [3.05, 3.63) is 76.5 Å². The maximum absolute atomic E-state index is 13.0. The van der Waals surface area contributed by atoms with Crippen molar-refractivity contribution in [3.8, 4) is 0 Å². The summed E-state index contributed by atoms with van der Waals surface area (Å²) in [5, 5.41) is 6.79. The largest absolute Gasteiger partial charge is 0.459 e. The third-order valence-electron chi connectivity index (χ3n) is 5.99. The molecule has 1 atom stereocenters. The Hall–Kier alpha value is -3.19.